The molecule has 107 heavy (non-hydrogen) atoms. The molecule has 0 aromatic rings. The van der Waals surface area contributed by atoms with Crippen LogP contribution in [0.3, 0.4) is 0 Å². The van der Waals surface area contributed by atoms with Gasteiger partial charge in [-0.2, -0.15) is 0 Å². The van der Waals surface area contributed by atoms with Crippen molar-refractivity contribution in [3.05, 3.63) is 0 Å². The molecular weight excluding hydrogens is 1390 g/mol. The molecule has 3 N–H and O–H groups in total. The van der Waals surface area contributed by atoms with Crippen molar-refractivity contribution in [3.8, 4) is 0 Å². The molecule has 0 radical (unpaired) electrons. The molecule has 0 bridgehead atoms. The zero-order valence-corrected chi connectivity index (χ0v) is 71.9. The predicted molar refractivity (Wildman–Crippen MR) is 442 cm³/mol. The molecule has 636 valence electrons. The van der Waals surface area contributed by atoms with Gasteiger partial charge in [0.15, 0.2) is 12.2 Å². The van der Waals surface area contributed by atoms with E-state index < -0.39 is 97.5 Å². The summed E-state index contributed by atoms with van der Waals surface area (Å²) >= 11 is 0. The van der Waals surface area contributed by atoms with Crippen LogP contribution in [0, 0.1) is 0 Å². The zero-order chi connectivity index (χ0) is 78.1. The van der Waals surface area contributed by atoms with Gasteiger partial charge >= 0.3 is 39.5 Å². The monoisotopic (exact) mass is 1560 g/mol. The van der Waals surface area contributed by atoms with Crippen LogP contribution < -0.4 is 0 Å². The third kappa shape index (κ3) is 81.9. The van der Waals surface area contributed by atoms with Crippen LogP contribution in [0.15, 0.2) is 0 Å². The molecule has 0 aliphatic carbocycles. The van der Waals surface area contributed by atoms with Crippen LogP contribution in [0.5, 0.6) is 0 Å². The number of aliphatic hydroxyl groups excluding tert-OH is 1. The second kappa shape index (κ2) is 82.1. The molecule has 19 heteroatoms. The van der Waals surface area contributed by atoms with Crippen molar-refractivity contribution >= 4 is 39.5 Å². The number of esters is 4. The van der Waals surface area contributed by atoms with E-state index >= 15 is 0 Å². The molecule has 17 nitrogen and oxygen atoms in total. The second-order valence-electron chi connectivity index (χ2n) is 31.6. The van der Waals surface area contributed by atoms with Crippen molar-refractivity contribution in [1.82, 2.24) is 0 Å². The highest BCUT2D eigenvalue weighted by molar-refractivity contribution is 7.47. The van der Waals surface area contributed by atoms with Gasteiger partial charge in [-0.1, -0.05) is 432 Å². The average molecular weight is 1560 g/mol. The molecule has 0 aromatic heterocycles. The highest BCUT2D eigenvalue weighted by Crippen LogP contribution is 2.45. The summed E-state index contributed by atoms with van der Waals surface area (Å²) in [5, 5.41) is 10.7. The number of hydrogen-bond acceptors (Lipinski definition) is 15. The Hall–Kier alpha value is -1.94. The van der Waals surface area contributed by atoms with Crippen LogP contribution in [0.25, 0.3) is 0 Å². The topological polar surface area (TPSA) is 237 Å². The molecule has 0 amide bonds. The maximum Gasteiger partial charge on any atom is 0.472 e. The fraction of sp³-hybridized carbons (Fsp3) is 0.955. The standard InChI is InChI=1S/C88H172O17P2/c1-5-9-13-17-21-25-29-32-35-38-40-42-44-47-49-53-57-61-65-69-73-86(91)99-79-84(105-88(93)75-71-67-63-59-55-51-48-45-43-41-39-36-33-30-26-22-18-14-10-6-2)81-103-107(96,97)101-77-82(89)76-100-106(94,95)102-80-83(78-98-85(90)72-68-64-60-56-52-28-24-20-16-12-8-4)104-87(92)74-70-66-62-58-54-50-46-37-34-31-27-23-19-15-11-7-3/h82-84,89H,5-81H2,1-4H3,(H,94,95)(H,96,97)/t82-,83+,84+/m0/s1. The van der Waals surface area contributed by atoms with E-state index in [-0.39, 0.29) is 25.7 Å². The first-order valence-electron chi connectivity index (χ1n) is 45.8. The Morgan fingerprint density at radius 1 is 0.224 bits per heavy atom. The second-order valence-corrected chi connectivity index (χ2v) is 34.5. The lowest BCUT2D eigenvalue weighted by Gasteiger charge is -2.21. The van der Waals surface area contributed by atoms with E-state index in [1.807, 2.05) is 0 Å². The van der Waals surface area contributed by atoms with Crippen molar-refractivity contribution in [1.29, 1.82) is 0 Å². The highest BCUT2D eigenvalue weighted by Gasteiger charge is 2.30. The lowest BCUT2D eigenvalue weighted by Crippen LogP contribution is -2.30. The number of ether oxygens (including phenoxy) is 4. The van der Waals surface area contributed by atoms with Gasteiger partial charge in [-0.25, -0.2) is 9.13 Å². The van der Waals surface area contributed by atoms with Crippen molar-refractivity contribution in [2.45, 2.75) is 502 Å². The average Bonchev–Trinajstić information content (AvgIpc) is 0.902. The Labute approximate surface area is 658 Å². The molecule has 0 saturated heterocycles. The van der Waals surface area contributed by atoms with E-state index in [1.165, 1.54) is 315 Å². The summed E-state index contributed by atoms with van der Waals surface area (Å²) in [5.74, 6) is -2.09. The third-order valence-electron chi connectivity index (χ3n) is 20.9. The van der Waals surface area contributed by atoms with E-state index in [0.29, 0.717) is 25.7 Å². The Bertz CT molecular complexity index is 2020. The first kappa shape index (κ1) is 105. The molecule has 0 fully saturated rings. The molecule has 0 aliphatic rings. The number of carbonyl (C=O) groups is 4. The number of phosphoric ester groups is 2. The maximum atomic E-state index is 13.2. The summed E-state index contributed by atoms with van der Waals surface area (Å²) in [6, 6.07) is 0. The number of phosphoric acid groups is 2. The number of rotatable bonds is 89. The minimum atomic E-state index is -4.97. The van der Waals surface area contributed by atoms with Gasteiger partial charge in [-0.3, -0.25) is 37.3 Å². The number of hydrogen-bond donors (Lipinski definition) is 3. The third-order valence-corrected chi connectivity index (χ3v) is 22.8. The van der Waals surface area contributed by atoms with Crippen LogP contribution in [-0.4, -0.2) is 96.7 Å². The summed E-state index contributed by atoms with van der Waals surface area (Å²) in [7, 11) is -9.93. The number of carbonyl (C=O) groups excluding carboxylic acids is 4. The fourth-order valence-electron chi connectivity index (χ4n) is 13.9. The van der Waals surface area contributed by atoms with Crippen molar-refractivity contribution < 1.29 is 80.2 Å². The molecular formula is C88H172O17P2. The predicted octanol–water partition coefficient (Wildman–Crippen LogP) is 27.3. The maximum absolute atomic E-state index is 13.2. The van der Waals surface area contributed by atoms with Crippen molar-refractivity contribution in [2.24, 2.45) is 0 Å². The summed E-state index contributed by atoms with van der Waals surface area (Å²) in [5.41, 5.74) is 0. The van der Waals surface area contributed by atoms with Crippen LogP contribution >= 0.6 is 15.6 Å². The minimum Gasteiger partial charge on any atom is -0.462 e. The van der Waals surface area contributed by atoms with E-state index in [2.05, 4.69) is 27.7 Å². The van der Waals surface area contributed by atoms with Crippen LogP contribution in [0.2, 0.25) is 0 Å². The summed E-state index contributed by atoms with van der Waals surface area (Å²) < 4.78 is 69.0. The van der Waals surface area contributed by atoms with Crippen LogP contribution in [0.1, 0.15) is 484 Å². The van der Waals surface area contributed by atoms with Gasteiger partial charge in [-0.15, -0.1) is 0 Å². The molecule has 2 unspecified atom stereocenters. The lowest BCUT2D eigenvalue weighted by atomic mass is 10.0. The molecule has 0 rings (SSSR count). The van der Waals surface area contributed by atoms with Crippen LogP contribution in [0.4, 0.5) is 0 Å². The van der Waals surface area contributed by atoms with E-state index in [0.717, 1.165) is 89.9 Å². The zero-order valence-electron chi connectivity index (χ0n) is 70.1. The van der Waals surface area contributed by atoms with E-state index in [1.54, 1.807) is 0 Å². The fourth-order valence-corrected chi connectivity index (χ4v) is 15.5. The van der Waals surface area contributed by atoms with Gasteiger partial charge < -0.3 is 33.8 Å². The molecule has 5 atom stereocenters. The lowest BCUT2D eigenvalue weighted by molar-refractivity contribution is -0.161. The normalized spacial score (nSPS) is 13.7. The minimum absolute atomic E-state index is 0.109. The van der Waals surface area contributed by atoms with Gasteiger partial charge in [0.05, 0.1) is 26.4 Å². The van der Waals surface area contributed by atoms with Crippen molar-refractivity contribution in [3.63, 3.8) is 0 Å². The molecule has 0 heterocycles. The number of unbranched alkanes of at least 4 members (excludes halogenated alkanes) is 63. The Balaban J connectivity index is 5.23. The van der Waals surface area contributed by atoms with E-state index in [4.69, 9.17) is 37.0 Å². The Morgan fingerprint density at radius 3 is 0.551 bits per heavy atom. The largest absolute Gasteiger partial charge is 0.472 e. The quantitative estimate of drug-likeness (QED) is 0.0222. The van der Waals surface area contributed by atoms with Gasteiger partial charge in [0.25, 0.3) is 0 Å². The summed E-state index contributed by atoms with van der Waals surface area (Å²) in [4.78, 5) is 73.3. The molecule has 0 aromatic carbocycles. The Kier molecular flexibility index (Phi) is 80.6. The van der Waals surface area contributed by atoms with Crippen molar-refractivity contribution in [2.75, 3.05) is 39.6 Å². The van der Waals surface area contributed by atoms with Gasteiger partial charge in [-0.05, 0) is 25.7 Å². The van der Waals surface area contributed by atoms with Gasteiger partial charge in [0.1, 0.15) is 19.3 Å². The first-order chi connectivity index (χ1) is 52.2. The highest BCUT2D eigenvalue weighted by atomic mass is 31.2. The van der Waals surface area contributed by atoms with Gasteiger partial charge in [0.2, 0.25) is 0 Å². The Morgan fingerprint density at radius 2 is 0.374 bits per heavy atom. The smallest absolute Gasteiger partial charge is 0.462 e. The molecule has 0 saturated carbocycles. The van der Waals surface area contributed by atoms with Gasteiger partial charge in [0, 0.05) is 25.7 Å². The SMILES string of the molecule is CCCCCCCCCCCCCCCCCCCCCCC(=O)OC[C@H](COP(=O)(O)OC[C@@H](O)COP(=O)(O)OC[C@@H](COC(=O)CCCCCCCCCCCCC)OC(=O)CCCCCCCCCCCCCCCCCC)OC(=O)CCCCCCCCCCCCCCCCCCCCCC. The summed E-state index contributed by atoms with van der Waals surface area (Å²) in [6.07, 6.45) is 77.8. The summed E-state index contributed by atoms with van der Waals surface area (Å²) in [6.45, 7) is 5.07. The van der Waals surface area contributed by atoms with Crippen LogP contribution in [-0.2, 0) is 65.4 Å². The van der Waals surface area contributed by atoms with E-state index in [9.17, 15) is 43.2 Å². The first-order valence-corrected chi connectivity index (χ1v) is 48.8. The molecule has 0 spiro atoms. The number of aliphatic hydroxyl groups is 1. The molecule has 0 aliphatic heterocycles.